The first kappa shape index (κ1) is 12.6. The molecule has 1 atom stereocenters. The first-order chi connectivity index (χ1) is 7.10. The minimum Gasteiger partial charge on any atom is -0.374 e. The highest BCUT2D eigenvalue weighted by Crippen LogP contribution is 2.19. The van der Waals surface area contributed by atoms with Crippen LogP contribution in [0.15, 0.2) is 11.6 Å². The van der Waals surface area contributed by atoms with E-state index in [2.05, 4.69) is 24.1 Å². The van der Waals surface area contributed by atoms with Gasteiger partial charge in [0.05, 0.1) is 10.6 Å². The fourth-order valence-electron chi connectivity index (χ4n) is 1.70. The SMILES string of the molecule is CCOC(C)(C)C(Cc1nccs1)NC. The highest BCUT2D eigenvalue weighted by Gasteiger charge is 2.29. The van der Waals surface area contributed by atoms with Crippen LogP contribution >= 0.6 is 11.3 Å². The van der Waals surface area contributed by atoms with Crippen LogP contribution < -0.4 is 5.32 Å². The monoisotopic (exact) mass is 228 g/mol. The maximum absolute atomic E-state index is 5.75. The van der Waals surface area contributed by atoms with E-state index < -0.39 is 0 Å². The Bertz CT molecular complexity index is 272. The van der Waals surface area contributed by atoms with E-state index in [1.54, 1.807) is 11.3 Å². The van der Waals surface area contributed by atoms with Crippen molar-refractivity contribution in [1.29, 1.82) is 0 Å². The molecule has 0 aliphatic heterocycles. The second-order valence-electron chi connectivity index (χ2n) is 4.01. The normalized spacial score (nSPS) is 14.1. The van der Waals surface area contributed by atoms with Crippen LogP contribution in [0.5, 0.6) is 0 Å². The average molecular weight is 228 g/mol. The van der Waals surface area contributed by atoms with E-state index in [0.29, 0.717) is 6.04 Å². The lowest BCUT2D eigenvalue weighted by atomic mass is 9.96. The quantitative estimate of drug-likeness (QED) is 0.809. The molecule has 1 aromatic rings. The van der Waals surface area contributed by atoms with Crippen molar-refractivity contribution in [2.75, 3.05) is 13.7 Å². The van der Waals surface area contributed by atoms with Crippen molar-refractivity contribution < 1.29 is 4.74 Å². The lowest BCUT2D eigenvalue weighted by Crippen LogP contribution is -2.48. The Morgan fingerprint density at radius 2 is 2.33 bits per heavy atom. The molecule has 0 radical (unpaired) electrons. The van der Waals surface area contributed by atoms with Crippen LogP contribution in [0.1, 0.15) is 25.8 Å². The molecule has 0 bridgehead atoms. The molecule has 15 heavy (non-hydrogen) atoms. The zero-order valence-electron chi connectivity index (χ0n) is 9.91. The highest BCUT2D eigenvalue weighted by atomic mass is 32.1. The minimum atomic E-state index is -0.158. The Morgan fingerprint density at radius 1 is 1.60 bits per heavy atom. The predicted octanol–water partition coefficient (Wildman–Crippen LogP) is 2.09. The third-order valence-electron chi connectivity index (χ3n) is 2.57. The van der Waals surface area contributed by atoms with E-state index in [0.717, 1.165) is 18.0 Å². The molecule has 1 rings (SSSR count). The minimum absolute atomic E-state index is 0.158. The first-order valence-corrected chi connectivity index (χ1v) is 6.17. The standard InChI is InChI=1S/C11H20N2OS/c1-5-14-11(2,3)9(12-4)8-10-13-6-7-15-10/h6-7,9,12H,5,8H2,1-4H3. The summed E-state index contributed by atoms with van der Waals surface area (Å²) in [6.07, 6.45) is 2.77. The summed E-state index contributed by atoms with van der Waals surface area (Å²) in [5.41, 5.74) is -0.158. The molecule has 86 valence electrons. The van der Waals surface area contributed by atoms with Gasteiger partial charge in [0.15, 0.2) is 0 Å². The van der Waals surface area contributed by atoms with Crippen LogP contribution in [-0.2, 0) is 11.2 Å². The molecular formula is C11H20N2OS. The zero-order valence-corrected chi connectivity index (χ0v) is 10.7. The van der Waals surface area contributed by atoms with Crippen LogP contribution in [0.4, 0.5) is 0 Å². The number of hydrogen-bond donors (Lipinski definition) is 1. The smallest absolute Gasteiger partial charge is 0.0941 e. The van der Waals surface area contributed by atoms with Gasteiger partial charge in [0.1, 0.15) is 0 Å². The fourth-order valence-corrected chi connectivity index (χ4v) is 2.36. The fraction of sp³-hybridized carbons (Fsp3) is 0.727. The third-order valence-corrected chi connectivity index (χ3v) is 3.37. The number of thiazole rings is 1. The van der Waals surface area contributed by atoms with Gasteiger partial charge >= 0.3 is 0 Å². The van der Waals surface area contributed by atoms with Crippen LogP contribution in [0.2, 0.25) is 0 Å². The number of nitrogens with one attached hydrogen (secondary N) is 1. The summed E-state index contributed by atoms with van der Waals surface area (Å²) in [4.78, 5) is 4.30. The molecule has 4 heteroatoms. The molecule has 0 saturated heterocycles. The first-order valence-electron chi connectivity index (χ1n) is 5.29. The second kappa shape index (κ2) is 5.58. The Kier molecular flexibility index (Phi) is 4.70. The number of rotatable bonds is 6. The Morgan fingerprint density at radius 3 is 2.80 bits per heavy atom. The summed E-state index contributed by atoms with van der Waals surface area (Å²) in [6, 6.07) is 0.295. The van der Waals surface area contributed by atoms with Gasteiger partial charge in [-0.1, -0.05) is 0 Å². The van der Waals surface area contributed by atoms with E-state index in [9.17, 15) is 0 Å². The Labute approximate surface area is 95.9 Å². The second-order valence-corrected chi connectivity index (χ2v) is 4.99. The number of ether oxygens (including phenoxy) is 1. The lowest BCUT2D eigenvalue weighted by molar-refractivity contribution is -0.0363. The van der Waals surface area contributed by atoms with Crippen molar-refractivity contribution >= 4 is 11.3 Å². The van der Waals surface area contributed by atoms with Crippen molar-refractivity contribution in [2.24, 2.45) is 0 Å². The molecule has 0 saturated carbocycles. The van der Waals surface area contributed by atoms with E-state index in [1.807, 2.05) is 25.5 Å². The van der Waals surface area contributed by atoms with Gasteiger partial charge < -0.3 is 10.1 Å². The Hall–Kier alpha value is -0.450. The molecule has 1 N–H and O–H groups in total. The summed E-state index contributed by atoms with van der Waals surface area (Å²) >= 11 is 1.69. The van der Waals surface area contributed by atoms with Crippen LogP contribution in [0.3, 0.4) is 0 Å². The molecule has 0 fully saturated rings. The van der Waals surface area contributed by atoms with E-state index in [4.69, 9.17) is 4.74 Å². The topological polar surface area (TPSA) is 34.1 Å². The van der Waals surface area contributed by atoms with E-state index in [-0.39, 0.29) is 5.60 Å². The van der Waals surface area contributed by atoms with Crippen molar-refractivity contribution in [3.63, 3.8) is 0 Å². The molecule has 1 unspecified atom stereocenters. The van der Waals surface area contributed by atoms with Crippen molar-refractivity contribution in [3.05, 3.63) is 16.6 Å². The molecule has 0 aliphatic rings. The number of nitrogens with zero attached hydrogens (tertiary/aromatic N) is 1. The van der Waals surface area contributed by atoms with Gasteiger partial charge in [0.25, 0.3) is 0 Å². The number of likely N-dealkylation sites (N-methyl/N-ethyl adjacent to an activating group) is 1. The molecular weight excluding hydrogens is 208 g/mol. The van der Waals surface area contributed by atoms with Gasteiger partial charge in [-0.2, -0.15) is 0 Å². The maximum atomic E-state index is 5.75. The molecule has 0 aliphatic carbocycles. The number of aromatic nitrogens is 1. The summed E-state index contributed by atoms with van der Waals surface area (Å²) in [5.74, 6) is 0. The molecule has 0 aromatic carbocycles. The largest absolute Gasteiger partial charge is 0.374 e. The van der Waals surface area contributed by atoms with Crippen LogP contribution in [-0.4, -0.2) is 30.3 Å². The van der Waals surface area contributed by atoms with Crippen molar-refractivity contribution in [3.8, 4) is 0 Å². The van der Waals surface area contributed by atoms with Gasteiger partial charge in [-0.3, -0.25) is 0 Å². The van der Waals surface area contributed by atoms with Gasteiger partial charge in [-0.25, -0.2) is 4.98 Å². The maximum Gasteiger partial charge on any atom is 0.0941 e. The molecule has 0 spiro atoms. The molecule has 1 aromatic heterocycles. The summed E-state index contributed by atoms with van der Waals surface area (Å²) in [5, 5.41) is 6.47. The van der Waals surface area contributed by atoms with Crippen LogP contribution in [0.25, 0.3) is 0 Å². The third kappa shape index (κ3) is 3.55. The van der Waals surface area contributed by atoms with Crippen molar-refractivity contribution in [2.45, 2.75) is 38.8 Å². The van der Waals surface area contributed by atoms with Gasteiger partial charge in [0.2, 0.25) is 0 Å². The summed E-state index contributed by atoms with van der Waals surface area (Å²) in [6.45, 7) is 7.00. The average Bonchev–Trinajstić information content (AvgIpc) is 2.66. The molecule has 3 nitrogen and oxygen atoms in total. The van der Waals surface area contributed by atoms with Gasteiger partial charge in [-0.15, -0.1) is 11.3 Å². The van der Waals surface area contributed by atoms with E-state index >= 15 is 0 Å². The van der Waals surface area contributed by atoms with Crippen molar-refractivity contribution in [1.82, 2.24) is 10.3 Å². The Balaban J connectivity index is 2.62. The number of hydrogen-bond acceptors (Lipinski definition) is 4. The lowest BCUT2D eigenvalue weighted by Gasteiger charge is -2.33. The van der Waals surface area contributed by atoms with Gasteiger partial charge in [0, 0.05) is 30.6 Å². The highest BCUT2D eigenvalue weighted by molar-refractivity contribution is 7.09. The van der Waals surface area contributed by atoms with E-state index in [1.165, 1.54) is 0 Å². The summed E-state index contributed by atoms with van der Waals surface area (Å²) in [7, 11) is 1.97. The summed E-state index contributed by atoms with van der Waals surface area (Å²) < 4.78 is 5.75. The molecule has 1 heterocycles. The zero-order chi connectivity index (χ0) is 11.3. The molecule has 0 amide bonds. The van der Waals surface area contributed by atoms with Crippen LogP contribution in [0, 0.1) is 0 Å². The van der Waals surface area contributed by atoms with Gasteiger partial charge in [-0.05, 0) is 27.8 Å². The predicted molar refractivity (Wildman–Crippen MR) is 64.4 cm³/mol.